The van der Waals surface area contributed by atoms with E-state index in [1.54, 1.807) is 12.1 Å². The van der Waals surface area contributed by atoms with Crippen LogP contribution in [-0.2, 0) is 10.0 Å². The third-order valence-corrected chi connectivity index (χ3v) is 6.21. The first kappa shape index (κ1) is 20.9. The van der Waals surface area contributed by atoms with E-state index in [9.17, 15) is 13.2 Å². The second-order valence-corrected chi connectivity index (χ2v) is 8.38. The minimum absolute atomic E-state index is 0.0950. The maximum Gasteiger partial charge on any atom is 0.261 e. The van der Waals surface area contributed by atoms with Gasteiger partial charge in [-0.1, -0.05) is 32.0 Å². The van der Waals surface area contributed by atoms with Crippen LogP contribution in [0.2, 0.25) is 0 Å². The van der Waals surface area contributed by atoms with Gasteiger partial charge in [0.15, 0.2) is 0 Å². The third kappa shape index (κ3) is 5.30. The molecule has 0 aliphatic rings. The van der Waals surface area contributed by atoms with Gasteiger partial charge in [-0.05, 0) is 55.7 Å². The molecule has 0 radical (unpaired) electrons. The average Bonchev–Trinajstić information content (AvgIpc) is 2.67. The second-order valence-electron chi connectivity index (χ2n) is 6.70. The molecule has 0 fully saturated rings. The molecule has 2 aromatic carbocycles. The van der Waals surface area contributed by atoms with E-state index in [0.29, 0.717) is 17.8 Å². The first-order valence-corrected chi connectivity index (χ1v) is 10.4. The molecule has 0 atom stereocenters. The van der Waals surface area contributed by atoms with Crippen LogP contribution in [-0.4, -0.2) is 26.4 Å². The molecule has 0 bridgehead atoms. The summed E-state index contributed by atoms with van der Waals surface area (Å²) in [4.78, 5) is 12.4. The van der Waals surface area contributed by atoms with E-state index in [4.69, 9.17) is 5.73 Å². The Bertz CT molecular complexity index is 889. The number of nitrogens with two attached hydrogens (primary N) is 1. The summed E-state index contributed by atoms with van der Waals surface area (Å²) in [5, 5.41) is 2.82. The number of hydrogen-bond donors (Lipinski definition) is 3. The number of carbonyl (C=O) groups excluding carboxylic acids is 1. The molecule has 0 heterocycles. The summed E-state index contributed by atoms with van der Waals surface area (Å²) in [6.45, 7) is 6.16. The largest absolute Gasteiger partial charge is 0.350 e. The van der Waals surface area contributed by atoms with Gasteiger partial charge in [0.05, 0.1) is 10.6 Å². The van der Waals surface area contributed by atoms with Crippen molar-refractivity contribution in [1.29, 1.82) is 0 Å². The van der Waals surface area contributed by atoms with E-state index in [-0.39, 0.29) is 10.8 Å². The molecule has 0 unspecified atom stereocenters. The summed E-state index contributed by atoms with van der Waals surface area (Å²) in [6.07, 6.45) is 1.51. The molecule has 0 aromatic heterocycles. The Kier molecular flexibility index (Phi) is 6.62. The first-order valence-electron chi connectivity index (χ1n) is 8.96. The highest BCUT2D eigenvalue weighted by Gasteiger charge is 2.21. The van der Waals surface area contributed by atoms with Gasteiger partial charge in [-0.2, -0.15) is 0 Å². The summed E-state index contributed by atoms with van der Waals surface area (Å²) in [5.41, 5.74) is 7.50. The molecule has 6 nitrogen and oxygen atoms in total. The van der Waals surface area contributed by atoms with E-state index in [0.717, 1.165) is 18.4 Å². The Morgan fingerprint density at radius 3 is 2.19 bits per heavy atom. The van der Waals surface area contributed by atoms with Gasteiger partial charge in [-0.3, -0.25) is 9.52 Å². The summed E-state index contributed by atoms with van der Waals surface area (Å²) in [6, 6.07) is 13.0. The van der Waals surface area contributed by atoms with Crippen molar-refractivity contribution in [3.05, 3.63) is 59.7 Å². The summed E-state index contributed by atoms with van der Waals surface area (Å²) >= 11 is 0. The van der Waals surface area contributed by atoms with Crippen LogP contribution in [0.4, 0.5) is 5.69 Å². The Morgan fingerprint density at radius 1 is 1.04 bits per heavy atom. The van der Waals surface area contributed by atoms with E-state index < -0.39 is 15.6 Å². The van der Waals surface area contributed by atoms with Crippen molar-refractivity contribution < 1.29 is 13.2 Å². The molecular weight excluding hydrogens is 362 g/mol. The number of benzene rings is 2. The van der Waals surface area contributed by atoms with Crippen LogP contribution in [0, 0.1) is 6.92 Å². The first-order chi connectivity index (χ1) is 12.7. The van der Waals surface area contributed by atoms with E-state index >= 15 is 0 Å². The number of nitrogens with one attached hydrogen (secondary N) is 2. The van der Waals surface area contributed by atoms with Crippen molar-refractivity contribution in [3.8, 4) is 0 Å². The van der Waals surface area contributed by atoms with Crippen molar-refractivity contribution in [2.75, 3.05) is 11.3 Å². The second kappa shape index (κ2) is 8.54. The number of amides is 1. The number of carbonyl (C=O) groups is 1. The van der Waals surface area contributed by atoms with E-state index in [1.807, 2.05) is 32.9 Å². The number of sulfonamides is 1. The topological polar surface area (TPSA) is 101 Å². The minimum atomic E-state index is -3.72. The summed E-state index contributed by atoms with van der Waals surface area (Å²) in [7, 11) is -3.72. The molecule has 4 N–H and O–H groups in total. The average molecular weight is 390 g/mol. The normalized spacial score (nSPS) is 11.9. The lowest BCUT2D eigenvalue weighted by Gasteiger charge is -2.26. The monoisotopic (exact) mass is 389 g/mol. The fourth-order valence-corrected chi connectivity index (χ4v) is 3.67. The van der Waals surface area contributed by atoms with Gasteiger partial charge in [0.1, 0.15) is 0 Å². The molecule has 0 aliphatic carbocycles. The molecular formula is C20H27N3O3S. The lowest BCUT2D eigenvalue weighted by Crippen LogP contribution is -2.49. The Morgan fingerprint density at radius 2 is 1.63 bits per heavy atom. The van der Waals surface area contributed by atoms with Gasteiger partial charge < -0.3 is 11.1 Å². The maximum absolute atomic E-state index is 12.5. The Labute approximate surface area is 161 Å². The zero-order valence-corrected chi connectivity index (χ0v) is 16.8. The highest BCUT2D eigenvalue weighted by molar-refractivity contribution is 7.92. The minimum Gasteiger partial charge on any atom is -0.350 e. The predicted molar refractivity (Wildman–Crippen MR) is 108 cm³/mol. The van der Waals surface area contributed by atoms with Crippen LogP contribution in [0.3, 0.4) is 0 Å². The predicted octanol–water partition coefficient (Wildman–Crippen LogP) is 3.04. The number of aryl methyl sites for hydroxylation is 1. The molecule has 0 saturated carbocycles. The SMILES string of the molecule is CCC(N)(CC)CNC(=O)c1ccc(S(=O)(=O)Nc2ccccc2C)cc1. The van der Waals surface area contributed by atoms with Gasteiger partial charge >= 0.3 is 0 Å². The van der Waals surface area contributed by atoms with Crippen molar-refractivity contribution in [3.63, 3.8) is 0 Å². The van der Waals surface area contributed by atoms with Gasteiger partial charge in [-0.25, -0.2) is 8.42 Å². The van der Waals surface area contributed by atoms with Gasteiger partial charge in [-0.15, -0.1) is 0 Å². The number of para-hydroxylation sites is 1. The zero-order chi connectivity index (χ0) is 20.1. The molecule has 1 amide bonds. The number of rotatable bonds is 8. The van der Waals surface area contributed by atoms with Crippen molar-refractivity contribution >= 4 is 21.6 Å². The molecule has 0 aliphatic heterocycles. The van der Waals surface area contributed by atoms with Crippen LogP contribution in [0.1, 0.15) is 42.6 Å². The molecule has 2 rings (SSSR count). The molecule has 0 saturated heterocycles. The maximum atomic E-state index is 12.5. The summed E-state index contributed by atoms with van der Waals surface area (Å²) < 4.78 is 27.7. The van der Waals surface area contributed by atoms with Crippen LogP contribution in [0.25, 0.3) is 0 Å². The van der Waals surface area contributed by atoms with E-state index in [1.165, 1.54) is 24.3 Å². The van der Waals surface area contributed by atoms with Crippen LogP contribution in [0.5, 0.6) is 0 Å². The van der Waals surface area contributed by atoms with E-state index in [2.05, 4.69) is 10.0 Å². The molecule has 27 heavy (non-hydrogen) atoms. The standard InChI is InChI=1S/C20H27N3O3S/c1-4-20(21,5-2)14-22-19(24)16-10-12-17(13-11-16)27(25,26)23-18-9-7-6-8-15(18)3/h6-13,23H,4-5,14,21H2,1-3H3,(H,22,24). The Balaban J connectivity index is 2.10. The lowest BCUT2D eigenvalue weighted by molar-refractivity contribution is 0.0942. The van der Waals surface area contributed by atoms with Gasteiger partial charge in [0, 0.05) is 17.6 Å². The van der Waals surface area contributed by atoms with Crippen LogP contribution in [0.15, 0.2) is 53.4 Å². The zero-order valence-electron chi connectivity index (χ0n) is 16.0. The van der Waals surface area contributed by atoms with Crippen LogP contribution < -0.4 is 15.8 Å². The summed E-state index contributed by atoms with van der Waals surface area (Å²) in [5.74, 6) is -0.275. The van der Waals surface area contributed by atoms with Gasteiger partial charge in [0.2, 0.25) is 0 Å². The smallest absolute Gasteiger partial charge is 0.261 e. The third-order valence-electron chi connectivity index (χ3n) is 4.83. The van der Waals surface area contributed by atoms with Crippen LogP contribution >= 0.6 is 0 Å². The van der Waals surface area contributed by atoms with Crippen molar-refractivity contribution in [2.45, 2.75) is 44.0 Å². The number of hydrogen-bond acceptors (Lipinski definition) is 4. The molecule has 0 spiro atoms. The number of anilines is 1. The molecule has 7 heteroatoms. The highest BCUT2D eigenvalue weighted by Crippen LogP contribution is 2.19. The highest BCUT2D eigenvalue weighted by atomic mass is 32.2. The van der Waals surface area contributed by atoms with Gasteiger partial charge in [0.25, 0.3) is 15.9 Å². The molecule has 146 valence electrons. The lowest BCUT2D eigenvalue weighted by atomic mass is 9.94. The fourth-order valence-electron chi connectivity index (χ4n) is 2.53. The molecule has 2 aromatic rings. The van der Waals surface area contributed by atoms with Crippen molar-refractivity contribution in [1.82, 2.24) is 5.32 Å². The van der Waals surface area contributed by atoms with Crippen molar-refractivity contribution in [2.24, 2.45) is 5.73 Å². The Hall–Kier alpha value is -2.38. The fraction of sp³-hybridized carbons (Fsp3) is 0.350. The quantitative estimate of drug-likeness (QED) is 0.646.